The molecule has 0 unspecified atom stereocenters. The predicted octanol–water partition coefficient (Wildman–Crippen LogP) is 1.81. The topological polar surface area (TPSA) is 83.9 Å². The summed E-state index contributed by atoms with van der Waals surface area (Å²) in [6, 6.07) is 3.73. The Kier molecular flexibility index (Phi) is 5.52. The molecule has 1 aromatic carbocycles. The number of methoxy groups -OCH3 is 1. The number of carbonyl (C=O) groups is 1. The Labute approximate surface area is 119 Å². The van der Waals surface area contributed by atoms with Gasteiger partial charge in [-0.05, 0) is 24.6 Å². The molecule has 6 nitrogen and oxygen atoms in total. The third-order valence-electron chi connectivity index (χ3n) is 2.93. The number of unbranched alkanes of at least 4 members (excludes halogenated alkanes) is 1. The Bertz CT molecular complexity index is 582. The molecular formula is C13H19NO5S. The van der Waals surface area contributed by atoms with Gasteiger partial charge in [0.15, 0.2) is 0 Å². The van der Waals surface area contributed by atoms with Crippen LogP contribution in [0.3, 0.4) is 0 Å². The van der Waals surface area contributed by atoms with Crippen LogP contribution in [0.5, 0.6) is 5.75 Å². The van der Waals surface area contributed by atoms with Crippen LogP contribution in [0.2, 0.25) is 0 Å². The third-order valence-corrected chi connectivity index (χ3v) is 4.82. The molecule has 112 valence electrons. The summed E-state index contributed by atoms with van der Waals surface area (Å²) >= 11 is 0. The predicted molar refractivity (Wildman–Crippen MR) is 74.7 cm³/mol. The van der Waals surface area contributed by atoms with Crippen molar-refractivity contribution in [2.75, 3.05) is 20.7 Å². The van der Waals surface area contributed by atoms with Crippen molar-refractivity contribution in [3.05, 3.63) is 23.8 Å². The number of aromatic carboxylic acids is 1. The molecule has 0 heterocycles. The van der Waals surface area contributed by atoms with Gasteiger partial charge in [0, 0.05) is 13.6 Å². The fraction of sp³-hybridized carbons (Fsp3) is 0.462. The zero-order valence-electron chi connectivity index (χ0n) is 11.8. The van der Waals surface area contributed by atoms with Crippen molar-refractivity contribution >= 4 is 16.0 Å². The van der Waals surface area contributed by atoms with E-state index < -0.39 is 16.0 Å². The van der Waals surface area contributed by atoms with Crippen molar-refractivity contribution in [2.45, 2.75) is 24.7 Å². The molecule has 1 N–H and O–H groups in total. The van der Waals surface area contributed by atoms with E-state index in [1.165, 1.54) is 36.7 Å². The molecule has 0 fully saturated rings. The lowest BCUT2D eigenvalue weighted by Gasteiger charge is -2.18. The van der Waals surface area contributed by atoms with Gasteiger partial charge in [-0.3, -0.25) is 0 Å². The van der Waals surface area contributed by atoms with Crippen LogP contribution in [-0.2, 0) is 10.0 Å². The molecule has 0 aliphatic rings. The molecule has 0 bridgehead atoms. The minimum absolute atomic E-state index is 0.0167. The highest BCUT2D eigenvalue weighted by Crippen LogP contribution is 2.27. The smallest absolute Gasteiger partial charge is 0.335 e. The molecule has 0 radical (unpaired) electrons. The molecule has 7 heteroatoms. The molecule has 0 saturated heterocycles. The zero-order chi connectivity index (χ0) is 15.3. The molecule has 1 rings (SSSR count). The normalized spacial score (nSPS) is 11.6. The van der Waals surface area contributed by atoms with Gasteiger partial charge in [-0.2, -0.15) is 0 Å². The molecule has 0 saturated carbocycles. The molecule has 0 atom stereocenters. The maximum Gasteiger partial charge on any atom is 0.335 e. The number of nitrogens with zero attached hydrogens (tertiary/aromatic N) is 1. The van der Waals surface area contributed by atoms with Gasteiger partial charge in [-0.15, -0.1) is 0 Å². The Hall–Kier alpha value is -1.60. The molecular weight excluding hydrogens is 282 g/mol. The first-order valence-corrected chi connectivity index (χ1v) is 7.66. The van der Waals surface area contributed by atoms with Gasteiger partial charge >= 0.3 is 5.97 Å². The van der Waals surface area contributed by atoms with Crippen LogP contribution in [0.25, 0.3) is 0 Å². The molecule has 20 heavy (non-hydrogen) atoms. The fourth-order valence-electron chi connectivity index (χ4n) is 1.68. The van der Waals surface area contributed by atoms with E-state index in [1.54, 1.807) is 0 Å². The van der Waals surface area contributed by atoms with Crippen LogP contribution in [0.4, 0.5) is 0 Å². The highest BCUT2D eigenvalue weighted by atomic mass is 32.2. The van der Waals surface area contributed by atoms with Crippen LogP contribution in [-0.4, -0.2) is 44.5 Å². The lowest BCUT2D eigenvalue weighted by Crippen LogP contribution is -2.28. The van der Waals surface area contributed by atoms with E-state index in [2.05, 4.69) is 0 Å². The van der Waals surface area contributed by atoms with E-state index in [-0.39, 0.29) is 16.2 Å². The van der Waals surface area contributed by atoms with Crippen molar-refractivity contribution in [3.8, 4) is 5.75 Å². The molecule has 0 amide bonds. The van der Waals surface area contributed by atoms with Crippen molar-refractivity contribution in [1.82, 2.24) is 4.31 Å². The van der Waals surface area contributed by atoms with E-state index >= 15 is 0 Å². The van der Waals surface area contributed by atoms with Gasteiger partial charge in [-0.25, -0.2) is 17.5 Å². The SMILES string of the molecule is CCCCN(C)S(=O)(=O)c1ccc(C(=O)O)cc1OC. The second-order valence-corrected chi connectivity index (χ2v) is 6.36. The quantitative estimate of drug-likeness (QED) is 0.830. The maximum atomic E-state index is 12.4. The van der Waals surface area contributed by atoms with Gasteiger partial charge in [0.05, 0.1) is 12.7 Å². The van der Waals surface area contributed by atoms with Crippen LogP contribution in [0.1, 0.15) is 30.1 Å². The van der Waals surface area contributed by atoms with E-state index in [0.717, 1.165) is 12.8 Å². The van der Waals surface area contributed by atoms with Gasteiger partial charge in [0.1, 0.15) is 10.6 Å². The van der Waals surface area contributed by atoms with Crippen LogP contribution in [0, 0.1) is 0 Å². The summed E-state index contributed by atoms with van der Waals surface area (Å²) in [5, 5.41) is 8.91. The minimum atomic E-state index is -3.68. The van der Waals surface area contributed by atoms with Gasteiger partial charge in [0.2, 0.25) is 10.0 Å². The van der Waals surface area contributed by atoms with Crippen molar-refractivity contribution < 1.29 is 23.1 Å². The lowest BCUT2D eigenvalue weighted by molar-refractivity contribution is 0.0696. The van der Waals surface area contributed by atoms with E-state index in [4.69, 9.17) is 9.84 Å². The summed E-state index contributed by atoms with van der Waals surface area (Å²) in [4.78, 5) is 10.9. The highest BCUT2D eigenvalue weighted by Gasteiger charge is 2.25. The van der Waals surface area contributed by atoms with E-state index in [9.17, 15) is 13.2 Å². The first-order valence-electron chi connectivity index (χ1n) is 6.22. The Morgan fingerprint density at radius 3 is 2.55 bits per heavy atom. The van der Waals surface area contributed by atoms with Gasteiger partial charge in [0.25, 0.3) is 0 Å². The molecule has 0 spiro atoms. The first kappa shape index (κ1) is 16.5. The summed E-state index contributed by atoms with van der Waals surface area (Å²) in [6.45, 7) is 2.38. The summed E-state index contributed by atoms with van der Waals surface area (Å²) in [7, 11) is -0.874. The molecule has 0 aliphatic heterocycles. The second kappa shape index (κ2) is 6.71. The molecule has 1 aromatic rings. The number of ether oxygens (including phenoxy) is 1. The number of rotatable bonds is 7. The number of sulfonamides is 1. The summed E-state index contributed by atoms with van der Waals surface area (Å²) in [5.41, 5.74) is -0.0167. The standard InChI is InChI=1S/C13H19NO5S/c1-4-5-8-14(2)20(17,18)12-7-6-10(13(15)16)9-11(12)19-3/h6-7,9H,4-5,8H2,1-3H3,(H,15,16). The van der Waals surface area contributed by atoms with E-state index in [1.807, 2.05) is 6.92 Å². The maximum absolute atomic E-state index is 12.4. The number of benzene rings is 1. The Morgan fingerprint density at radius 1 is 1.40 bits per heavy atom. The average Bonchev–Trinajstić information content (AvgIpc) is 2.43. The van der Waals surface area contributed by atoms with E-state index in [0.29, 0.717) is 6.54 Å². The van der Waals surface area contributed by atoms with Crippen LogP contribution < -0.4 is 4.74 Å². The number of hydrogen-bond acceptors (Lipinski definition) is 4. The summed E-state index contributed by atoms with van der Waals surface area (Å²) in [5.74, 6) is -1.10. The number of hydrogen-bond donors (Lipinski definition) is 1. The Balaban J connectivity index is 3.21. The third kappa shape index (κ3) is 3.49. The second-order valence-electron chi connectivity index (χ2n) is 4.35. The minimum Gasteiger partial charge on any atom is -0.495 e. The zero-order valence-corrected chi connectivity index (χ0v) is 12.6. The van der Waals surface area contributed by atoms with Crippen LogP contribution >= 0.6 is 0 Å². The first-order chi connectivity index (χ1) is 9.34. The lowest BCUT2D eigenvalue weighted by atomic mass is 10.2. The van der Waals surface area contributed by atoms with Gasteiger partial charge < -0.3 is 9.84 Å². The van der Waals surface area contributed by atoms with Crippen molar-refractivity contribution in [3.63, 3.8) is 0 Å². The van der Waals surface area contributed by atoms with Crippen molar-refractivity contribution in [1.29, 1.82) is 0 Å². The highest BCUT2D eigenvalue weighted by molar-refractivity contribution is 7.89. The number of carboxylic acid groups (broad SMARTS) is 1. The molecule has 0 aliphatic carbocycles. The fourth-order valence-corrected chi connectivity index (χ4v) is 3.02. The largest absolute Gasteiger partial charge is 0.495 e. The molecule has 0 aromatic heterocycles. The number of carboxylic acids is 1. The van der Waals surface area contributed by atoms with Gasteiger partial charge in [-0.1, -0.05) is 13.3 Å². The summed E-state index contributed by atoms with van der Waals surface area (Å²) < 4.78 is 31.0. The van der Waals surface area contributed by atoms with Crippen molar-refractivity contribution in [2.24, 2.45) is 0 Å². The Morgan fingerprint density at radius 2 is 2.05 bits per heavy atom. The average molecular weight is 301 g/mol. The monoisotopic (exact) mass is 301 g/mol. The summed E-state index contributed by atoms with van der Waals surface area (Å²) in [6.07, 6.45) is 1.64. The van der Waals surface area contributed by atoms with Crippen LogP contribution in [0.15, 0.2) is 23.1 Å².